The molecule has 3 saturated carbocycles. The van der Waals surface area contributed by atoms with Crippen molar-refractivity contribution in [2.75, 3.05) is 0 Å². The highest BCUT2D eigenvalue weighted by Crippen LogP contribution is 2.55. The van der Waals surface area contributed by atoms with Gasteiger partial charge in [-0.05, 0) is 49.4 Å². The lowest BCUT2D eigenvalue weighted by molar-refractivity contribution is -0.0161. The third-order valence-corrected chi connectivity index (χ3v) is 5.98. The van der Waals surface area contributed by atoms with E-state index in [4.69, 9.17) is 12.8 Å². The van der Waals surface area contributed by atoms with Crippen LogP contribution in [0.3, 0.4) is 0 Å². The Balaban J connectivity index is 1.93. The van der Waals surface area contributed by atoms with Gasteiger partial charge in [0.1, 0.15) is 0 Å². The molecule has 0 aromatic rings. The monoisotopic (exact) mass is 240 g/mol. The third kappa shape index (κ3) is 1.78. The minimum atomic E-state index is 0.533. The molecule has 0 spiro atoms. The summed E-state index contributed by atoms with van der Waals surface area (Å²) in [5.74, 6) is 10.4. The molecule has 18 heavy (non-hydrogen) atoms. The third-order valence-electron chi connectivity index (χ3n) is 5.98. The summed E-state index contributed by atoms with van der Waals surface area (Å²) < 4.78 is 0. The smallest absolute Gasteiger partial charge is 0.0262 e. The van der Waals surface area contributed by atoms with Gasteiger partial charge in [0.2, 0.25) is 0 Å². The van der Waals surface area contributed by atoms with E-state index in [0.717, 1.165) is 23.7 Å². The summed E-state index contributed by atoms with van der Waals surface area (Å²) in [5.41, 5.74) is 0. The van der Waals surface area contributed by atoms with Crippen molar-refractivity contribution in [1.82, 2.24) is 0 Å². The van der Waals surface area contributed by atoms with Gasteiger partial charge in [0.05, 0.1) is 0 Å². The van der Waals surface area contributed by atoms with Gasteiger partial charge < -0.3 is 0 Å². The lowest BCUT2D eigenvalue weighted by atomic mass is 9.51. The van der Waals surface area contributed by atoms with Crippen LogP contribution in [-0.2, 0) is 0 Å². The van der Waals surface area contributed by atoms with Gasteiger partial charge in [-0.25, -0.2) is 0 Å². The minimum Gasteiger partial charge on any atom is -0.120 e. The molecule has 0 N–H and O–H groups in total. The van der Waals surface area contributed by atoms with E-state index in [-0.39, 0.29) is 0 Å². The van der Waals surface area contributed by atoms with Gasteiger partial charge in [0.15, 0.2) is 0 Å². The second-order valence-electron chi connectivity index (χ2n) is 6.61. The predicted molar refractivity (Wildman–Crippen MR) is 75.5 cm³/mol. The maximum atomic E-state index is 5.90. The molecule has 3 rings (SSSR count). The first-order valence-electron chi connectivity index (χ1n) is 7.79. The summed E-state index contributed by atoms with van der Waals surface area (Å²) in [7, 11) is 0. The zero-order valence-electron chi connectivity index (χ0n) is 11.3. The molecular formula is C18H24. The molecule has 0 aromatic heterocycles. The fourth-order valence-corrected chi connectivity index (χ4v) is 5.29. The van der Waals surface area contributed by atoms with Gasteiger partial charge in [-0.1, -0.05) is 25.7 Å². The van der Waals surface area contributed by atoms with Gasteiger partial charge in [-0.2, -0.15) is 0 Å². The maximum absolute atomic E-state index is 5.90. The molecule has 0 saturated heterocycles. The first-order chi connectivity index (χ1) is 8.86. The fourth-order valence-electron chi connectivity index (χ4n) is 5.29. The summed E-state index contributed by atoms with van der Waals surface area (Å²) in [6.07, 6.45) is 22.6. The summed E-state index contributed by atoms with van der Waals surface area (Å²) in [4.78, 5) is 0. The van der Waals surface area contributed by atoms with Crippen molar-refractivity contribution < 1.29 is 0 Å². The van der Waals surface area contributed by atoms with Crippen LogP contribution in [0.2, 0.25) is 0 Å². The molecule has 0 radical (unpaired) electrons. The van der Waals surface area contributed by atoms with E-state index in [2.05, 4.69) is 11.8 Å². The van der Waals surface area contributed by atoms with Crippen molar-refractivity contribution in [3.8, 4) is 24.7 Å². The van der Waals surface area contributed by atoms with Crippen molar-refractivity contribution in [2.45, 2.75) is 51.4 Å². The molecule has 0 amide bonds. The van der Waals surface area contributed by atoms with E-state index in [1.165, 1.54) is 51.4 Å². The Morgan fingerprint density at radius 2 is 0.833 bits per heavy atom. The van der Waals surface area contributed by atoms with Gasteiger partial charge in [0.25, 0.3) is 0 Å². The second-order valence-corrected chi connectivity index (χ2v) is 6.61. The largest absolute Gasteiger partial charge is 0.120 e. The Bertz CT molecular complexity index is 318. The molecule has 0 bridgehead atoms. The molecule has 0 aromatic carbocycles. The van der Waals surface area contributed by atoms with Crippen LogP contribution in [0.1, 0.15) is 51.4 Å². The Morgan fingerprint density at radius 1 is 0.556 bits per heavy atom. The maximum Gasteiger partial charge on any atom is 0.0262 e. The molecule has 4 unspecified atom stereocenters. The first-order valence-corrected chi connectivity index (χ1v) is 7.79. The lowest BCUT2D eigenvalue weighted by Gasteiger charge is -2.52. The average Bonchev–Trinajstić information content (AvgIpc) is 2.44. The van der Waals surface area contributed by atoms with Crippen molar-refractivity contribution in [1.29, 1.82) is 0 Å². The number of terminal acetylenes is 2. The van der Waals surface area contributed by atoms with Crippen LogP contribution < -0.4 is 0 Å². The molecule has 3 aliphatic rings. The van der Waals surface area contributed by atoms with E-state index in [0.29, 0.717) is 11.8 Å². The van der Waals surface area contributed by atoms with Crippen molar-refractivity contribution >= 4 is 0 Å². The first kappa shape index (κ1) is 12.2. The van der Waals surface area contributed by atoms with Gasteiger partial charge in [-0.15, -0.1) is 24.7 Å². The highest BCUT2D eigenvalue weighted by Gasteiger charge is 2.49. The molecule has 0 heteroatoms. The van der Waals surface area contributed by atoms with E-state index >= 15 is 0 Å². The molecule has 96 valence electrons. The Morgan fingerprint density at radius 3 is 1.06 bits per heavy atom. The van der Waals surface area contributed by atoms with Crippen molar-refractivity contribution in [3.05, 3.63) is 0 Å². The highest BCUT2D eigenvalue weighted by molar-refractivity contribution is 5.14. The molecule has 0 heterocycles. The number of fused-ring (bicyclic) bond motifs is 2. The SMILES string of the molecule is C#CC1C2CCCCC2C(C#C)C2CCCCC12. The van der Waals surface area contributed by atoms with Crippen LogP contribution in [0, 0.1) is 60.2 Å². The molecule has 0 nitrogen and oxygen atoms in total. The van der Waals surface area contributed by atoms with Crippen molar-refractivity contribution in [3.63, 3.8) is 0 Å². The van der Waals surface area contributed by atoms with E-state index in [1.807, 2.05) is 0 Å². The normalized spacial score (nSPS) is 47.2. The minimum absolute atomic E-state index is 0.533. The zero-order valence-corrected chi connectivity index (χ0v) is 11.3. The predicted octanol–water partition coefficient (Wildman–Crippen LogP) is 4.11. The van der Waals surface area contributed by atoms with E-state index < -0.39 is 0 Å². The van der Waals surface area contributed by atoms with Crippen LogP contribution >= 0.6 is 0 Å². The Kier molecular flexibility index (Phi) is 3.39. The summed E-state index contributed by atoms with van der Waals surface area (Å²) in [6.45, 7) is 0. The van der Waals surface area contributed by atoms with Gasteiger partial charge in [-0.3, -0.25) is 0 Å². The molecular weight excluding hydrogens is 216 g/mol. The van der Waals surface area contributed by atoms with E-state index in [1.54, 1.807) is 0 Å². The van der Waals surface area contributed by atoms with E-state index in [9.17, 15) is 0 Å². The fraction of sp³-hybridized carbons (Fsp3) is 0.778. The van der Waals surface area contributed by atoms with Crippen LogP contribution in [0.15, 0.2) is 0 Å². The summed E-state index contributed by atoms with van der Waals surface area (Å²) >= 11 is 0. The lowest BCUT2D eigenvalue weighted by Crippen LogP contribution is -2.47. The Labute approximate surface area is 112 Å². The second kappa shape index (κ2) is 5.01. The van der Waals surface area contributed by atoms with Gasteiger partial charge >= 0.3 is 0 Å². The van der Waals surface area contributed by atoms with Crippen LogP contribution in [0.5, 0.6) is 0 Å². The van der Waals surface area contributed by atoms with Crippen LogP contribution in [-0.4, -0.2) is 0 Å². The molecule has 3 aliphatic carbocycles. The van der Waals surface area contributed by atoms with Crippen LogP contribution in [0.25, 0.3) is 0 Å². The summed E-state index contributed by atoms with van der Waals surface area (Å²) in [6, 6.07) is 0. The topological polar surface area (TPSA) is 0 Å². The molecule has 3 fully saturated rings. The van der Waals surface area contributed by atoms with Crippen molar-refractivity contribution in [2.24, 2.45) is 35.5 Å². The summed E-state index contributed by atoms with van der Waals surface area (Å²) in [5, 5.41) is 0. The number of rotatable bonds is 0. The number of hydrogen-bond donors (Lipinski definition) is 0. The molecule has 4 atom stereocenters. The van der Waals surface area contributed by atoms with Crippen LogP contribution in [0.4, 0.5) is 0 Å². The molecule has 0 aliphatic heterocycles. The average molecular weight is 240 g/mol. The standard InChI is InChI=1S/C18H24/c1-3-13-15-9-5-7-11-17(15)14(4-2)18-12-8-6-10-16(13)18/h1-2,13-18H,5-12H2. The Hall–Kier alpha value is -0.880. The quantitative estimate of drug-likeness (QED) is 0.559. The number of hydrogen-bond acceptors (Lipinski definition) is 0. The van der Waals surface area contributed by atoms with Gasteiger partial charge in [0, 0.05) is 11.8 Å². The highest BCUT2D eigenvalue weighted by atomic mass is 14.5. The zero-order chi connectivity index (χ0) is 12.5.